The minimum atomic E-state index is -0.318. The van der Waals surface area contributed by atoms with Crippen LogP contribution in [0.3, 0.4) is 0 Å². The molecule has 10 heterocycles. The van der Waals surface area contributed by atoms with E-state index in [0.29, 0.717) is 198 Å². The van der Waals surface area contributed by atoms with Gasteiger partial charge in [0.25, 0.3) is 23.6 Å². The molecule has 37 heteroatoms. The summed E-state index contributed by atoms with van der Waals surface area (Å²) in [7, 11) is 0. The minimum absolute atomic E-state index is 0.00140. The molecule has 4 amide bonds. The van der Waals surface area contributed by atoms with Crippen LogP contribution >= 0.6 is 46.4 Å². The van der Waals surface area contributed by atoms with E-state index >= 15 is 0 Å². The third kappa shape index (κ3) is 24.4. The first-order valence-electron chi connectivity index (χ1n) is 47.0. The number of aliphatic hydroxyl groups excluding tert-OH is 7. The number of hydrogen-bond acceptors (Lipinski definition) is 29. The van der Waals surface area contributed by atoms with Gasteiger partial charge in [-0.3, -0.25) is 29.1 Å². The average molecular weight is 1980 g/mol. The molecule has 4 saturated carbocycles. The third-order valence-electron chi connectivity index (χ3n) is 27.2. The van der Waals surface area contributed by atoms with E-state index in [9.17, 15) is 54.9 Å². The van der Waals surface area contributed by atoms with Crippen LogP contribution < -0.4 is 62.1 Å². The number of nitrogens with zero attached hydrogens (tertiary/aromatic N) is 14. The molecule has 728 valence electrons. The van der Waals surface area contributed by atoms with Crippen molar-refractivity contribution >= 4 is 117 Å². The number of amides is 4. The summed E-state index contributed by atoms with van der Waals surface area (Å²) in [6, 6.07) is 50.6. The number of aryl methyl sites for hydroxylation is 1. The van der Waals surface area contributed by atoms with E-state index in [2.05, 4.69) is 77.3 Å². The molecule has 15 N–H and O–H groups in total. The Bertz CT molecular complexity index is 6190. The van der Waals surface area contributed by atoms with Gasteiger partial charge in [0, 0.05) is 129 Å². The number of carbonyl (C=O) groups excluding carboxylic acids is 4. The summed E-state index contributed by atoms with van der Waals surface area (Å²) in [4.78, 5) is 106. The van der Waals surface area contributed by atoms with Gasteiger partial charge in [-0.1, -0.05) is 167 Å². The summed E-state index contributed by atoms with van der Waals surface area (Å²) < 4.78 is 0. The molecule has 6 aromatic carbocycles. The molecule has 8 aliphatic rings. The van der Waals surface area contributed by atoms with E-state index < -0.39 is 0 Å². The molecule has 9 atom stereocenters. The number of aromatic nitrogens is 10. The molecule has 4 aliphatic heterocycles. The number of rotatable bonds is 35. The second kappa shape index (κ2) is 45.6. The van der Waals surface area contributed by atoms with Crippen LogP contribution in [0.25, 0.3) is 0 Å². The van der Waals surface area contributed by atoms with Gasteiger partial charge in [0.2, 0.25) is 23.8 Å². The number of carbonyl (C=O) groups is 4. The molecule has 140 heavy (non-hydrogen) atoms. The molecular formula is C103H112Cl4N22O11. The zero-order valence-electron chi connectivity index (χ0n) is 77.2. The minimum Gasteiger partial charge on any atom is -0.394 e. The van der Waals surface area contributed by atoms with E-state index in [1.54, 1.807) is 79.5 Å². The molecule has 0 radical (unpaired) electrons. The lowest BCUT2D eigenvalue weighted by Gasteiger charge is -2.26. The second-order valence-electron chi connectivity index (χ2n) is 36.7. The topological polar surface area (TPSA) is 448 Å². The number of benzene rings is 6. The van der Waals surface area contributed by atoms with Gasteiger partial charge in [-0.2, -0.15) is 19.9 Å². The van der Waals surface area contributed by atoms with E-state index in [0.717, 1.165) is 102 Å². The number of pyridine rings is 2. The van der Waals surface area contributed by atoms with Crippen LogP contribution in [0, 0.1) is 47.8 Å². The Morgan fingerprint density at radius 2 is 0.671 bits per heavy atom. The van der Waals surface area contributed by atoms with Crippen molar-refractivity contribution in [2.24, 2.45) is 40.9 Å². The van der Waals surface area contributed by atoms with E-state index in [1.165, 1.54) is 25.5 Å². The zero-order chi connectivity index (χ0) is 97.5. The highest BCUT2D eigenvalue weighted by atomic mass is 35.5. The first kappa shape index (κ1) is 98.7. The maximum Gasteiger partial charge on any atom is 0.256 e. The quantitative estimate of drug-likeness (QED) is 0.0175. The van der Waals surface area contributed by atoms with Crippen molar-refractivity contribution in [1.29, 1.82) is 0 Å². The predicted octanol–water partition coefficient (Wildman–Crippen LogP) is 12.2. The maximum absolute atomic E-state index is 13.1. The summed E-state index contributed by atoms with van der Waals surface area (Å²) in [6.45, 7) is 8.95. The van der Waals surface area contributed by atoms with Crippen molar-refractivity contribution in [2.45, 2.75) is 142 Å². The van der Waals surface area contributed by atoms with Crippen molar-refractivity contribution in [1.82, 2.24) is 71.1 Å². The highest BCUT2D eigenvalue weighted by molar-refractivity contribution is 6.32. The maximum atomic E-state index is 13.1. The predicted molar refractivity (Wildman–Crippen MR) is 536 cm³/mol. The highest BCUT2D eigenvalue weighted by Gasteiger charge is 2.55. The molecule has 9 unspecified atom stereocenters. The lowest BCUT2D eigenvalue weighted by molar-refractivity contribution is 0.0942. The van der Waals surface area contributed by atoms with Crippen LogP contribution in [0.1, 0.15) is 153 Å². The molecule has 4 aliphatic carbocycles. The molecular weight excluding hydrogens is 1860 g/mol. The van der Waals surface area contributed by atoms with Crippen LogP contribution in [0.4, 0.5) is 47.1 Å². The van der Waals surface area contributed by atoms with Crippen LogP contribution in [0.15, 0.2) is 201 Å². The molecule has 6 aromatic heterocycles. The van der Waals surface area contributed by atoms with Gasteiger partial charge in [-0.15, -0.1) is 0 Å². The Hall–Kier alpha value is -12.9. The number of halogens is 4. The van der Waals surface area contributed by atoms with E-state index in [-0.39, 0.29) is 94.5 Å². The Morgan fingerprint density at radius 3 is 0.979 bits per heavy atom. The molecule has 8 fully saturated rings. The summed E-state index contributed by atoms with van der Waals surface area (Å²) in [5.74, 6) is 5.89. The fraction of sp³-hybridized carbons (Fsp3) is 0.359. The lowest BCUT2D eigenvalue weighted by atomic mass is 10.1. The van der Waals surface area contributed by atoms with Gasteiger partial charge in [-0.05, 0) is 191 Å². The summed E-state index contributed by atoms with van der Waals surface area (Å²) in [5, 5.41) is 93.9. The Morgan fingerprint density at radius 1 is 0.357 bits per heavy atom. The SMILES string of the molecule is Cc1ccc(CNC(=O)c2cnc(N3CC4CC4C3CO)nc2NCc2ccc(CO)c(Cl)c2)cc1.O=C(NCc1ccccc1)c1cnc(N2CC3CC3C2CO)nc1NCc1ccc(CO)c(Cl)c1.O=C(NCc1ccccn1)c1cnc(N2CC3CC3C2CO)nc1NCc1ccc(CO)c(Cl)c1.O=C(NCc1ccccn1)c1cnc(N2CCC3(CC3)C2)nc1NCc1ccc(CO)c(Cl)c1. The van der Waals surface area contributed by atoms with Crippen LogP contribution in [-0.4, -0.2) is 180 Å². The normalized spacial score (nSPS) is 19.3. The Balaban J connectivity index is 0.000000129. The first-order valence-corrected chi connectivity index (χ1v) is 48.5. The number of piperidine rings is 3. The molecule has 33 nitrogen and oxygen atoms in total. The van der Waals surface area contributed by atoms with Crippen molar-refractivity contribution in [3.05, 3.63) is 316 Å². The van der Waals surface area contributed by atoms with Gasteiger partial charge < -0.3 is 97.9 Å². The van der Waals surface area contributed by atoms with E-state index in [4.69, 9.17) is 66.3 Å². The largest absolute Gasteiger partial charge is 0.394 e. The highest BCUT2D eigenvalue weighted by Crippen LogP contribution is 2.54. The van der Waals surface area contributed by atoms with Crippen LogP contribution in [-0.2, 0) is 78.8 Å². The summed E-state index contributed by atoms with van der Waals surface area (Å²) in [6.07, 6.45) is 16.7. The average Bonchev–Trinajstić information content (AvgIpc) is 1.58. The van der Waals surface area contributed by atoms with Crippen LogP contribution in [0.2, 0.25) is 20.1 Å². The molecule has 0 bridgehead atoms. The smallest absolute Gasteiger partial charge is 0.256 e. The first-order chi connectivity index (χ1) is 68.1. The number of fused-ring (bicyclic) bond motifs is 3. The van der Waals surface area contributed by atoms with Crippen molar-refractivity contribution in [3.63, 3.8) is 0 Å². The van der Waals surface area contributed by atoms with Gasteiger partial charge in [0.15, 0.2) is 0 Å². The zero-order valence-corrected chi connectivity index (χ0v) is 80.2. The monoisotopic (exact) mass is 1970 g/mol. The summed E-state index contributed by atoms with van der Waals surface area (Å²) >= 11 is 25.0. The summed E-state index contributed by atoms with van der Waals surface area (Å²) in [5.41, 5.74) is 12.7. The number of aliphatic hydroxyl groups is 7. The number of hydrogen-bond donors (Lipinski definition) is 15. The van der Waals surface area contributed by atoms with Gasteiger partial charge in [0.05, 0.1) is 88.9 Å². The number of anilines is 8. The van der Waals surface area contributed by atoms with Crippen molar-refractivity contribution in [2.75, 3.05) is 93.4 Å². The van der Waals surface area contributed by atoms with Gasteiger partial charge >= 0.3 is 0 Å². The lowest BCUT2D eigenvalue weighted by Crippen LogP contribution is -2.37. The standard InChI is InChI=1S/C27H30ClN5O3.C26H28ClN5O3.C25H27ClN6O3.C25H27ClN6O2/c1-16-2-4-17(5-3-16)10-30-26(36)22-12-31-27(33-13-20-9-21(20)24(33)15-35)32-25(22)29-11-18-6-7-19(14-34)23(28)8-18;27-22-8-17(6-7-18(22)14-33)11-28-24-21(25(35)29-10-16-4-2-1-3-5-16)12-30-26(31-24)32-13-19-9-20(19)23(32)15-34;26-21-7-15(4-5-16(21)13-33)9-28-23-20(24(35)29-10-18-3-1-2-6-27-18)11-30-25(31-23)32-12-17-8-19(17)22(32)14-34;26-21-11-17(4-5-18(21)15-33)12-28-22-20(23(34)29-13-19-3-1-2-9-27-19)14-30-24(31-22)32-10-8-25(16-32)6-7-25/h2-8,12,20-21,24,34-35H,9-11,13-15H2,1H3,(H,30,36)(H,29,31,32);1-8,12,19-20,23,33-34H,9-11,13-15H2,(H,29,35)(H,28,30,31);1-7,11,17,19,22,33-34H,8-10,12-14H2,(H,29,35)(H,28,30,31);1-5,9,11,14,33H,6-8,10,12-13,15-16H2,(H,29,34)(H,28,30,31). The molecule has 4 saturated heterocycles. The van der Waals surface area contributed by atoms with Gasteiger partial charge in [0.1, 0.15) is 45.5 Å². The molecule has 1 spiro atoms. The Labute approximate surface area is 830 Å². The van der Waals surface area contributed by atoms with Crippen molar-refractivity contribution in [3.8, 4) is 0 Å². The Kier molecular flexibility index (Phi) is 32.1. The number of nitrogens with one attached hydrogen (secondary N) is 8. The fourth-order valence-corrected chi connectivity index (χ4v) is 19.6. The van der Waals surface area contributed by atoms with E-state index in [1.807, 2.05) is 137 Å². The van der Waals surface area contributed by atoms with Gasteiger partial charge in [-0.25, -0.2) is 19.9 Å². The molecule has 12 aromatic rings. The van der Waals surface area contributed by atoms with Crippen LogP contribution in [0.5, 0.6) is 0 Å². The van der Waals surface area contributed by atoms with Crippen molar-refractivity contribution < 1.29 is 54.9 Å². The molecule has 20 rings (SSSR count). The third-order valence-corrected chi connectivity index (χ3v) is 28.6. The fourth-order valence-electron chi connectivity index (χ4n) is 18.5. The second-order valence-corrected chi connectivity index (χ2v) is 38.3.